The van der Waals surface area contributed by atoms with Gasteiger partial charge < -0.3 is 14.8 Å². The van der Waals surface area contributed by atoms with Gasteiger partial charge in [0.05, 0.1) is 18.0 Å². The van der Waals surface area contributed by atoms with Crippen LogP contribution < -0.4 is 19.5 Å². The summed E-state index contributed by atoms with van der Waals surface area (Å²) in [4.78, 5) is 12.9. The molecule has 0 unspecified atom stereocenters. The summed E-state index contributed by atoms with van der Waals surface area (Å²) in [6, 6.07) is 11.2. The van der Waals surface area contributed by atoms with Crippen molar-refractivity contribution in [3.05, 3.63) is 53.6 Å². The third-order valence-electron chi connectivity index (χ3n) is 4.66. The zero-order valence-corrected chi connectivity index (χ0v) is 17.1. The lowest BCUT2D eigenvalue weighted by molar-refractivity contribution is 0.0617. The molecule has 150 valence electrons. The number of carbonyl (C=O) groups excluding carboxylic acids is 1. The lowest BCUT2D eigenvalue weighted by Crippen LogP contribution is -2.41. The highest BCUT2D eigenvalue weighted by Gasteiger charge is 2.35. The summed E-state index contributed by atoms with van der Waals surface area (Å²) in [5.41, 5.74) is 0.650. The minimum atomic E-state index is -3.63. The molecule has 0 bridgehead atoms. The molecule has 1 amide bonds. The largest absolute Gasteiger partial charge is 0.497 e. The minimum Gasteiger partial charge on any atom is -0.497 e. The van der Waals surface area contributed by atoms with Crippen molar-refractivity contribution in [1.82, 2.24) is 10.0 Å². The molecule has 1 heterocycles. The molecule has 1 aliphatic heterocycles. The maximum Gasteiger partial charge on any atom is 0.251 e. The second kappa shape index (κ2) is 7.44. The molecule has 0 aromatic heterocycles. The Morgan fingerprint density at radius 2 is 1.96 bits per heavy atom. The van der Waals surface area contributed by atoms with Gasteiger partial charge in [0.15, 0.2) is 0 Å². The molecule has 0 spiro atoms. The first-order valence-electron chi connectivity index (χ1n) is 8.86. The first kappa shape index (κ1) is 20.2. The van der Waals surface area contributed by atoms with Crippen LogP contribution in [0, 0.1) is 0 Å². The van der Waals surface area contributed by atoms with Crippen molar-refractivity contribution in [2.24, 2.45) is 0 Å². The summed E-state index contributed by atoms with van der Waals surface area (Å²) in [5.74, 6) is 0.983. The fraction of sp³-hybridized carbons (Fsp3) is 0.350. The van der Waals surface area contributed by atoms with Gasteiger partial charge in [0.2, 0.25) is 10.0 Å². The molecule has 8 heteroatoms. The van der Waals surface area contributed by atoms with Crippen molar-refractivity contribution >= 4 is 15.9 Å². The van der Waals surface area contributed by atoms with Crippen molar-refractivity contribution in [2.75, 3.05) is 14.2 Å². The van der Waals surface area contributed by atoms with Crippen molar-refractivity contribution in [1.29, 1.82) is 0 Å². The molecule has 0 saturated carbocycles. The van der Waals surface area contributed by atoms with E-state index in [9.17, 15) is 13.2 Å². The lowest BCUT2D eigenvalue weighted by Gasteiger charge is -2.38. The quantitative estimate of drug-likeness (QED) is 0.799. The second-order valence-corrected chi connectivity index (χ2v) is 9.12. The summed E-state index contributed by atoms with van der Waals surface area (Å²) in [6.07, 6.45) is 0.576. The number of hydrogen-bond acceptors (Lipinski definition) is 5. The Morgan fingerprint density at radius 3 is 2.64 bits per heavy atom. The van der Waals surface area contributed by atoms with Crippen molar-refractivity contribution in [2.45, 2.75) is 36.8 Å². The van der Waals surface area contributed by atoms with Gasteiger partial charge >= 0.3 is 0 Å². The number of benzene rings is 2. The predicted octanol–water partition coefficient (Wildman–Crippen LogP) is 2.64. The normalized spacial score (nSPS) is 17.9. The molecule has 2 N–H and O–H groups in total. The number of fused-ring (bicyclic) bond motifs is 1. The molecule has 7 nitrogen and oxygen atoms in total. The summed E-state index contributed by atoms with van der Waals surface area (Å²) in [7, 11) is -0.711. The van der Waals surface area contributed by atoms with Crippen molar-refractivity contribution in [3.8, 4) is 11.5 Å². The van der Waals surface area contributed by atoms with Crippen LogP contribution in [0.5, 0.6) is 11.5 Å². The van der Waals surface area contributed by atoms with E-state index in [0.29, 0.717) is 17.9 Å². The van der Waals surface area contributed by atoms with E-state index >= 15 is 0 Å². The summed E-state index contributed by atoms with van der Waals surface area (Å²) in [5, 5.41) is 3.01. The molecular formula is C20H24N2O5S. The first-order valence-corrected chi connectivity index (χ1v) is 10.3. The van der Waals surface area contributed by atoms with Gasteiger partial charge in [-0.2, -0.15) is 0 Å². The fourth-order valence-electron chi connectivity index (χ4n) is 3.25. The van der Waals surface area contributed by atoms with Gasteiger partial charge in [-0.05, 0) is 51.2 Å². The van der Waals surface area contributed by atoms with Crippen LogP contribution in [0.2, 0.25) is 0 Å². The van der Waals surface area contributed by atoms with Gasteiger partial charge in [-0.25, -0.2) is 13.1 Å². The summed E-state index contributed by atoms with van der Waals surface area (Å²) < 4.78 is 37.6. The Labute approximate surface area is 165 Å². The molecule has 3 rings (SSSR count). The second-order valence-electron chi connectivity index (χ2n) is 7.23. The average Bonchev–Trinajstić information content (AvgIpc) is 2.66. The minimum absolute atomic E-state index is 0.0418. The lowest BCUT2D eigenvalue weighted by atomic mass is 9.89. The SMILES string of the molecule is CNS(=O)(=O)c1cccc(C(=O)N[C@@H]2CC(C)(C)Oc3cc(OC)ccc32)c1. The zero-order valence-electron chi connectivity index (χ0n) is 16.3. The first-order chi connectivity index (χ1) is 13.1. The Kier molecular flexibility index (Phi) is 5.36. The monoisotopic (exact) mass is 404 g/mol. The fourth-order valence-corrected chi connectivity index (χ4v) is 4.03. The average molecular weight is 404 g/mol. The van der Waals surface area contributed by atoms with E-state index in [4.69, 9.17) is 9.47 Å². The van der Waals surface area contributed by atoms with Crippen LogP contribution in [0.1, 0.15) is 42.2 Å². The molecule has 1 aliphatic rings. The third kappa shape index (κ3) is 4.13. The van der Waals surface area contributed by atoms with Crippen LogP contribution in [0.3, 0.4) is 0 Å². The number of ether oxygens (including phenoxy) is 2. The Morgan fingerprint density at radius 1 is 1.21 bits per heavy atom. The topological polar surface area (TPSA) is 93.7 Å². The number of nitrogens with one attached hydrogen (secondary N) is 2. The molecular weight excluding hydrogens is 380 g/mol. The van der Waals surface area contributed by atoms with Crippen LogP contribution in [0.25, 0.3) is 0 Å². The van der Waals surface area contributed by atoms with Crippen molar-refractivity contribution in [3.63, 3.8) is 0 Å². The molecule has 2 aromatic rings. The number of carbonyl (C=O) groups is 1. The van der Waals surface area contributed by atoms with E-state index in [-0.39, 0.29) is 22.4 Å². The van der Waals surface area contributed by atoms with E-state index in [1.165, 1.54) is 19.2 Å². The maximum atomic E-state index is 12.8. The van der Waals surface area contributed by atoms with Crippen LogP contribution in [-0.2, 0) is 10.0 Å². The zero-order chi connectivity index (χ0) is 20.5. The van der Waals surface area contributed by atoms with E-state index in [2.05, 4.69) is 10.0 Å². The predicted molar refractivity (Wildman–Crippen MR) is 105 cm³/mol. The maximum absolute atomic E-state index is 12.8. The number of sulfonamides is 1. The molecule has 1 atom stereocenters. The summed E-state index contributed by atoms with van der Waals surface area (Å²) >= 11 is 0. The Balaban J connectivity index is 1.90. The van der Waals surface area contributed by atoms with Gasteiger partial charge in [-0.3, -0.25) is 4.79 Å². The number of methoxy groups -OCH3 is 1. The standard InChI is InChI=1S/C20H24N2O5S/c1-20(2)12-17(16-9-8-14(26-4)11-18(16)27-20)22-19(23)13-6-5-7-15(10-13)28(24,25)21-3/h5-11,17,21H,12H2,1-4H3,(H,22,23)/t17-/m1/s1. The molecule has 0 aliphatic carbocycles. The van der Waals surface area contributed by atoms with E-state index in [1.54, 1.807) is 25.3 Å². The molecule has 2 aromatic carbocycles. The van der Waals surface area contributed by atoms with Gasteiger partial charge in [0, 0.05) is 23.6 Å². The smallest absolute Gasteiger partial charge is 0.251 e. The van der Waals surface area contributed by atoms with Crippen LogP contribution in [0.4, 0.5) is 0 Å². The van der Waals surface area contributed by atoms with Crippen molar-refractivity contribution < 1.29 is 22.7 Å². The van der Waals surface area contributed by atoms with Crippen LogP contribution >= 0.6 is 0 Å². The van der Waals surface area contributed by atoms with Gasteiger partial charge in [0.25, 0.3) is 5.91 Å². The molecule has 0 saturated heterocycles. The molecule has 28 heavy (non-hydrogen) atoms. The number of amides is 1. The Hall–Kier alpha value is -2.58. The van der Waals surface area contributed by atoms with Crippen LogP contribution in [0.15, 0.2) is 47.4 Å². The Bertz CT molecular complexity index is 1000. The molecule has 0 radical (unpaired) electrons. The van der Waals surface area contributed by atoms with E-state index < -0.39 is 15.6 Å². The highest BCUT2D eigenvalue weighted by atomic mass is 32.2. The van der Waals surface area contributed by atoms with Gasteiger partial charge in [-0.1, -0.05) is 6.07 Å². The van der Waals surface area contributed by atoms with Gasteiger partial charge in [0.1, 0.15) is 17.1 Å². The highest BCUT2D eigenvalue weighted by molar-refractivity contribution is 7.89. The van der Waals surface area contributed by atoms with E-state index in [1.807, 2.05) is 26.0 Å². The third-order valence-corrected chi connectivity index (χ3v) is 6.07. The molecule has 0 fully saturated rings. The number of rotatable bonds is 5. The van der Waals surface area contributed by atoms with Gasteiger partial charge in [-0.15, -0.1) is 0 Å². The number of hydrogen-bond donors (Lipinski definition) is 2. The van der Waals surface area contributed by atoms with Crippen LogP contribution in [-0.4, -0.2) is 34.1 Å². The highest BCUT2D eigenvalue weighted by Crippen LogP contribution is 2.41. The summed E-state index contributed by atoms with van der Waals surface area (Å²) in [6.45, 7) is 3.91. The van der Waals surface area contributed by atoms with E-state index in [0.717, 1.165) is 5.56 Å².